The normalized spacial score (nSPS) is 11.1. The van der Waals surface area contributed by atoms with Crippen LogP contribution in [0.4, 0.5) is 0 Å². The molecule has 0 fully saturated rings. The Hall–Kier alpha value is -1.60. The quantitative estimate of drug-likeness (QED) is 0.377. The van der Waals surface area contributed by atoms with Crippen LogP contribution < -0.4 is 10.6 Å². The molecule has 0 saturated heterocycles. The van der Waals surface area contributed by atoms with Crippen molar-refractivity contribution in [2.45, 2.75) is 39.6 Å². The maximum Gasteiger partial charge on any atom is 0.191 e. The molecule has 136 valence electrons. The van der Waals surface area contributed by atoms with E-state index in [2.05, 4.69) is 65.9 Å². The number of hydrogen-bond donors (Lipinski definition) is 2. The maximum absolute atomic E-state index is 5.80. The predicted molar refractivity (Wildman–Crippen MR) is 115 cm³/mol. The fourth-order valence-electron chi connectivity index (χ4n) is 2.34. The maximum atomic E-state index is 5.80. The first kappa shape index (κ1) is 21.4. The number of rotatable bonds is 7. The van der Waals surface area contributed by atoms with Crippen LogP contribution in [0.3, 0.4) is 0 Å². The van der Waals surface area contributed by atoms with Gasteiger partial charge in [-0.3, -0.25) is 4.99 Å². The first-order valence-corrected chi connectivity index (χ1v) is 8.34. The van der Waals surface area contributed by atoms with Gasteiger partial charge in [-0.25, -0.2) is 0 Å². The minimum absolute atomic E-state index is 0. The first-order valence-electron chi connectivity index (χ1n) is 8.34. The average molecular weight is 453 g/mol. The molecule has 0 aliphatic heterocycles. The largest absolute Gasteiger partial charge is 0.372 e. The second kappa shape index (κ2) is 11.9. The van der Waals surface area contributed by atoms with Crippen molar-refractivity contribution in [1.29, 1.82) is 0 Å². The van der Waals surface area contributed by atoms with Gasteiger partial charge >= 0.3 is 0 Å². The van der Waals surface area contributed by atoms with Crippen LogP contribution in [0.1, 0.15) is 30.5 Å². The lowest BCUT2D eigenvalue weighted by Gasteiger charge is -2.14. The molecule has 0 radical (unpaired) electrons. The van der Waals surface area contributed by atoms with E-state index < -0.39 is 0 Å². The topological polar surface area (TPSA) is 45.7 Å². The van der Waals surface area contributed by atoms with Gasteiger partial charge in [0.25, 0.3) is 0 Å². The van der Waals surface area contributed by atoms with Gasteiger partial charge in [-0.05, 0) is 30.5 Å². The summed E-state index contributed by atoms with van der Waals surface area (Å²) in [6.07, 6.45) is 0. The van der Waals surface area contributed by atoms with Crippen molar-refractivity contribution in [2.24, 2.45) is 4.99 Å². The van der Waals surface area contributed by atoms with Crippen molar-refractivity contribution in [3.63, 3.8) is 0 Å². The van der Waals surface area contributed by atoms with E-state index in [4.69, 9.17) is 4.74 Å². The molecular formula is C20H28IN3O. The van der Waals surface area contributed by atoms with E-state index in [1.165, 1.54) is 16.7 Å². The minimum Gasteiger partial charge on any atom is -0.372 e. The number of aliphatic imine (C=N–C) groups is 1. The number of nitrogens with zero attached hydrogens (tertiary/aromatic N) is 1. The SMILES string of the molecule is CN=C(NCc1cccc(COCc2ccccc2)c1)NC(C)C.I. The van der Waals surface area contributed by atoms with Gasteiger partial charge in [0, 0.05) is 19.6 Å². The Morgan fingerprint density at radius 1 is 0.960 bits per heavy atom. The standard InChI is InChI=1S/C20H27N3O.HI/c1-16(2)23-20(21-3)22-13-18-10-7-11-19(12-18)15-24-14-17-8-5-4-6-9-17;/h4-12,16H,13-15H2,1-3H3,(H2,21,22,23);1H. The summed E-state index contributed by atoms with van der Waals surface area (Å²) in [4.78, 5) is 4.22. The fourth-order valence-corrected chi connectivity index (χ4v) is 2.34. The Morgan fingerprint density at radius 3 is 2.28 bits per heavy atom. The molecule has 0 aliphatic carbocycles. The monoisotopic (exact) mass is 453 g/mol. The molecule has 0 aromatic heterocycles. The van der Waals surface area contributed by atoms with Crippen LogP contribution in [0.5, 0.6) is 0 Å². The number of halogens is 1. The van der Waals surface area contributed by atoms with E-state index in [0.717, 1.165) is 12.5 Å². The van der Waals surface area contributed by atoms with E-state index in [1.54, 1.807) is 7.05 Å². The van der Waals surface area contributed by atoms with Gasteiger partial charge in [0.05, 0.1) is 13.2 Å². The summed E-state index contributed by atoms with van der Waals surface area (Å²) < 4.78 is 5.80. The molecule has 0 atom stereocenters. The third-order valence-electron chi connectivity index (χ3n) is 3.48. The Bertz CT molecular complexity index is 644. The highest BCUT2D eigenvalue weighted by Gasteiger charge is 2.01. The van der Waals surface area contributed by atoms with Crippen LogP contribution in [0.25, 0.3) is 0 Å². The van der Waals surface area contributed by atoms with Gasteiger partial charge in [0.15, 0.2) is 5.96 Å². The second-order valence-corrected chi connectivity index (χ2v) is 6.02. The summed E-state index contributed by atoms with van der Waals surface area (Å²) in [5.74, 6) is 0.815. The summed E-state index contributed by atoms with van der Waals surface area (Å²) in [5, 5.41) is 6.61. The fraction of sp³-hybridized carbons (Fsp3) is 0.350. The number of nitrogens with one attached hydrogen (secondary N) is 2. The Kier molecular flexibility index (Phi) is 10.2. The van der Waals surface area contributed by atoms with Gasteiger partial charge in [0.1, 0.15) is 0 Å². The van der Waals surface area contributed by atoms with Crippen molar-refractivity contribution < 1.29 is 4.74 Å². The molecule has 0 unspecified atom stereocenters. The van der Waals surface area contributed by atoms with Crippen LogP contribution >= 0.6 is 24.0 Å². The van der Waals surface area contributed by atoms with Crippen molar-refractivity contribution in [3.05, 3.63) is 71.3 Å². The van der Waals surface area contributed by atoms with Crippen molar-refractivity contribution in [1.82, 2.24) is 10.6 Å². The number of benzene rings is 2. The van der Waals surface area contributed by atoms with Gasteiger partial charge in [-0.2, -0.15) is 0 Å². The zero-order valence-corrected chi connectivity index (χ0v) is 17.5. The lowest BCUT2D eigenvalue weighted by molar-refractivity contribution is 0.107. The van der Waals surface area contributed by atoms with E-state index >= 15 is 0 Å². The number of guanidine groups is 1. The number of hydrogen-bond acceptors (Lipinski definition) is 2. The number of ether oxygens (including phenoxy) is 1. The molecule has 0 amide bonds. The highest BCUT2D eigenvalue weighted by molar-refractivity contribution is 14.0. The van der Waals surface area contributed by atoms with Crippen molar-refractivity contribution >= 4 is 29.9 Å². The van der Waals surface area contributed by atoms with Gasteiger partial charge in [-0.15, -0.1) is 24.0 Å². The van der Waals surface area contributed by atoms with Crippen molar-refractivity contribution in [3.8, 4) is 0 Å². The van der Waals surface area contributed by atoms with Gasteiger partial charge < -0.3 is 15.4 Å². The predicted octanol–water partition coefficient (Wildman–Crippen LogP) is 4.09. The summed E-state index contributed by atoms with van der Waals surface area (Å²) in [5.41, 5.74) is 3.58. The van der Waals surface area contributed by atoms with Crippen molar-refractivity contribution in [2.75, 3.05) is 7.05 Å². The Labute approximate surface area is 168 Å². The molecule has 0 bridgehead atoms. The smallest absolute Gasteiger partial charge is 0.191 e. The molecule has 0 spiro atoms. The Balaban J connectivity index is 0.00000312. The summed E-state index contributed by atoms with van der Waals surface area (Å²) >= 11 is 0. The molecule has 2 aromatic rings. The summed E-state index contributed by atoms with van der Waals surface area (Å²) in [7, 11) is 1.78. The van der Waals surface area contributed by atoms with Crippen LogP contribution in [0.2, 0.25) is 0 Å². The highest BCUT2D eigenvalue weighted by Crippen LogP contribution is 2.09. The van der Waals surface area contributed by atoms with E-state index in [0.29, 0.717) is 19.3 Å². The average Bonchev–Trinajstić information content (AvgIpc) is 2.59. The van der Waals surface area contributed by atoms with Crippen LogP contribution in [0, 0.1) is 0 Å². The lowest BCUT2D eigenvalue weighted by Crippen LogP contribution is -2.40. The van der Waals surface area contributed by atoms with Crippen LogP contribution in [-0.4, -0.2) is 19.0 Å². The summed E-state index contributed by atoms with van der Waals surface area (Å²) in [6.45, 7) is 6.17. The molecular weight excluding hydrogens is 425 g/mol. The van der Waals surface area contributed by atoms with Crippen LogP contribution in [-0.2, 0) is 24.5 Å². The first-order chi connectivity index (χ1) is 11.7. The van der Waals surface area contributed by atoms with Crippen LogP contribution in [0.15, 0.2) is 59.6 Å². The molecule has 4 nitrogen and oxygen atoms in total. The zero-order valence-electron chi connectivity index (χ0n) is 15.2. The van der Waals surface area contributed by atoms with E-state index in [-0.39, 0.29) is 24.0 Å². The van der Waals surface area contributed by atoms with Gasteiger partial charge in [-0.1, -0.05) is 54.6 Å². The van der Waals surface area contributed by atoms with Gasteiger partial charge in [0.2, 0.25) is 0 Å². The van der Waals surface area contributed by atoms with E-state index in [9.17, 15) is 0 Å². The second-order valence-electron chi connectivity index (χ2n) is 6.02. The minimum atomic E-state index is 0. The third kappa shape index (κ3) is 8.36. The molecule has 2 aromatic carbocycles. The summed E-state index contributed by atoms with van der Waals surface area (Å²) in [6, 6.07) is 19.0. The third-order valence-corrected chi connectivity index (χ3v) is 3.48. The molecule has 0 saturated carbocycles. The lowest BCUT2D eigenvalue weighted by atomic mass is 10.1. The molecule has 25 heavy (non-hydrogen) atoms. The molecule has 2 rings (SSSR count). The Morgan fingerprint density at radius 2 is 1.60 bits per heavy atom. The molecule has 5 heteroatoms. The molecule has 2 N–H and O–H groups in total. The zero-order chi connectivity index (χ0) is 17.2. The highest BCUT2D eigenvalue weighted by atomic mass is 127. The molecule has 0 heterocycles. The molecule has 0 aliphatic rings. The van der Waals surface area contributed by atoms with E-state index in [1.807, 2.05) is 18.2 Å².